The Kier molecular flexibility index (Phi) is 5.68. The van der Waals surface area contributed by atoms with E-state index in [0.29, 0.717) is 17.9 Å². The average molecular weight is 495 g/mol. The highest BCUT2D eigenvalue weighted by Gasteiger charge is 2.36. The van der Waals surface area contributed by atoms with Crippen molar-refractivity contribution in [1.82, 2.24) is 24.1 Å². The third-order valence-corrected chi connectivity index (χ3v) is 7.52. The minimum Gasteiger partial charge on any atom is -0.312 e. The van der Waals surface area contributed by atoms with E-state index in [4.69, 9.17) is 5.41 Å². The molecule has 8 heteroatoms. The second-order valence-electron chi connectivity index (χ2n) is 9.83. The molecule has 1 saturated heterocycles. The van der Waals surface area contributed by atoms with Crippen molar-refractivity contribution in [1.29, 1.82) is 5.41 Å². The third kappa shape index (κ3) is 3.94. The number of aromatic nitrogens is 4. The van der Waals surface area contributed by atoms with Crippen molar-refractivity contribution in [3.8, 4) is 17.1 Å². The summed E-state index contributed by atoms with van der Waals surface area (Å²) in [7, 11) is 0. The van der Waals surface area contributed by atoms with Gasteiger partial charge in [-0.15, -0.1) is 5.10 Å². The molecule has 37 heavy (non-hydrogen) atoms. The Bertz CT molecular complexity index is 1650. The normalized spacial score (nSPS) is 15.8. The van der Waals surface area contributed by atoms with Crippen LogP contribution in [0.4, 0.5) is 4.39 Å². The molecule has 0 aliphatic carbocycles. The van der Waals surface area contributed by atoms with Gasteiger partial charge >= 0.3 is 0 Å². The van der Waals surface area contributed by atoms with Crippen LogP contribution in [0, 0.1) is 18.2 Å². The molecule has 7 nitrogen and oxygen atoms in total. The van der Waals surface area contributed by atoms with Crippen LogP contribution in [0.2, 0.25) is 0 Å². The van der Waals surface area contributed by atoms with Gasteiger partial charge in [0.2, 0.25) is 0 Å². The first kappa shape index (κ1) is 23.2. The maximum Gasteiger partial charge on any atom is 0.282 e. The summed E-state index contributed by atoms with van der Waals surface area (Å²) < 4.78 is 17.5. The topological polar surface area (TPSA) is 79.3 Å². The van der Waals surface area contributed by atoms with Crippen LogP contribution in [-0.4, -0.2) is 43.4 Å². The summed E-state index contributed by atoms with van der Waals surface area (Å²) in [6.45, 7) is 4.32. The molecule has 0 amide bonds. The van der Waals surface area contributed by atoms with E-state index in [1.165, 1.54) is 6.07 Å². The zero-order valence-corrected chi connectivity index (χ0v) is 20.6. The number of nitrogens with one attached hydrogen (secondary N) is 1. The fourth-order valence-corrected chi connectivity index (χ4v) is 5.39. The predicted octanol–water partition coefficient (Wildman–Crippen LogP) is 4.62. The van der Waals surface area contributed by atoms with E-state index in [1.54, 1.807) is 24.4 Å². The number of nitrogens with zero attached hydrogens (tertiary/aromatic N) is 5. The SMILES string of the molecule is Cc1ccnc(C2(C=N)CCN(Cc3cc4c(=O)n(-c5ccccc5F)nc-4n4ccccc34)CC2)c1. The van der Waals surface area contributed by atoms with Crippen LogP contribution in [0.1, 0.15) is 29.7 Å². The van der Waals surface area contributed by atoms with Gasteiger partial charge in [-0.2, -0.15) is 4.68 Å². The van der Waals surface area contributed by atoms with E-state index in [0.717, 1.165) is 53.0 Å². The summed E-state index contributed by atoms with van der Waals surface area (Å²) in [5, 5.41) is 12.7. The third-order valence-electron chi connectivity index (χ3n) is 7.52. The summed E-state index contributed by atoms with van der Waals surface area (Å²) in [6.07, 6.45) is 6.88. The fourth-order valence-electron chi connectivity index (χ4n) is 5.39. The van der Waals surface area contributed by atoms with Gasteiger partial charge in [-0.25, -0.2) is 4.39 Å². The Morgan fingerprint density at radius 1 is 1.08 bits per heavy atom. The van der Waals surface area contributed by atoms with Crippen molar-refractivity contribution in [3.63, 3.8) is 0 Å². The molecule has 5 heterocycles. The monoisotopic (exact) mass is 494 g/mol. The molecule has 3 aliphatic rings. The molecule has 1 aromatic carbocycles. The first-order valence-corrected chi connectivity index (χ1v) is 12.4. The fraction of sp³-hybridized carbons (Fsp3) is 0.241. The number of rotatable bonds is 5. The standard InChI is InChI=1S/C29H27FN6O/c1-20-9-12-32-26(16-20)29(19-31)10-14-34(15-11-29)18-21-17-22-27(35-13-5-4-7-24(21)35)33-36(28(22)37)25-8-3-2-6-23(25)30/h2-9,12-13,16-17,19,31H,10-11,14-15,18H2,1H3. The quantitative estimate of drug-likeness (QED) is 0.362. The van der Waals surface area contributed by atoms with Crippen LogP contribution in [-0.2, 0) is 12.0 Å². The lowest BCUT2D eigenvalue weighted by Gasteiger charge is -2.39. The lowest BCUT2D eigenvalue weighted by Crippen LogP contribution is -2.43. The number of hydrogen-bond acceptors (Lipinski definition) is 5. The van der Waals surface area contributed by atoms with E-state index in [1.807, 2.05) is 47.1 Å². The minimum atomic E-state index is -0.493. The summed E-state index contributed by atoms with van der Waals surface area (Å²) >= 11 is 0. The maximum absolute atomic E-state index is 14.5. The van der Waals surface area contributed by atoms with Crippen LogP contribution in [0.15, 0.2) is 77.9 Å². The van der Waals surface area contributed by atoms with Crippen LogP contribution in [0.5, 0.6) is 0 Å². The highest BCUT2D eigenvalue weighted by molar-refractivity contribution is 5.71. The maximum atomic E-state index is 14.5. The Morgan fingerprint density at radius 3 is 2.62 bits per heavy atom. The van der Waals surface area contributed by atoms with Gasteiger partial charge in [-0.1, -0.05) is 18.2 Å². The Labute approximate surface area is 213 Å². The molecule has 0 radical (unpaired) electrons. The molecular formula is C29H27FN6O. The van der Waals surface area contributed by atoms with Crippen molar-refractivity contribution >= 4 is 11.7 Å². The number of fused-ring (bicyclic) bond motifs is 3. The lowest BCUT2D eigenvalue weighted by molar-refractivity contribution is 0.184. The van der Waals surface area contributed by atoms with Gasteiger partial charge in [0.1, 0.15) is 11.5 Å². The number of halogens is 1. The Balaban J connectivity index is 1.35. The number of hydrogen-bond donors (Lipinski definition) is 1. The van der Waals surface area contributed by atoms with Gasteiger partial charge < -0.3 is 5.41 Å². The predicted molar refractivity (Wildman–Crippen MR) is 141 cm³/mol. The molecule has 0 spiro atoms. The molecule has 0 unspecified atom stereocenters. The molecule has 2 aromatic heterocycles. The molecule has 1 fully saturated rings. The largest absolute Gasteiger partial charge is 0.312 e. The second kappa shape index (κ2) is 9.05. The van der Waals surface area contributed by atoms with Gasteiger partial charge in [0.25, 0.3) is 5.56 Å². The molecule has 186 valence electrons. The minimum absolute atomic E-state index is 0.138. The van der Waals surface area contributed by atoms with Crippen molar-refractivity contribution in [3.05, 3.63) is 106 Å². The van der Waals surface area contributed by atoms with Crippen LogP contribution >= 0.6 is 0 Å². The average Bonchev–Trinajstić information content (AvgIpc) is 3.25. The molecular weight excluding hydrogens is 467 g/mol. The molecule has 3 aromatic rings. The van der Waals surface area contributed by atoms with E-state index in [-0.39, 0.29) is 16.7 Å². The van der Waals surface area contributed by atoms with Crippen LogP contribution < -0.4 is 5.56 Å². The second-order valence-corrected chi connectivity index (χ2v) is 9.83. The summed E-state index contributed by atoms with van der Waals surface area (Å²) in [5.74, 6) is 0.00706. The van der Waals surface area contributed by atoms with Gasteiger partial charge in [0.05, 0.1) is 16.8 Å². The number of pyridine rings is 3. The number of aryl methyl sites for hydroxylation is 1. The van der Waals surface area contributed by atoms with Gasteiger partial charge in [-0.05, 0) is 86.4 Å². The van der Waals surface area contributed by atoms with Crippen molar-refractivity contribution in [2.75, 3.05) is 13.1 Å². The van der Waals surface area contributed by atoms with Gasteiger partial charge in [0, 0.05) is 30.6 Å². The Morgan fingerprint density at radius 2 is 1.86 bits per heavy atom. The Hall–Kier alpha value is -4.17. The first-order valence-electron chi connectivity index (χ1n) is 12.4. The van der Waals surface area contributed by atoms with E-state index >= 15 is 0 Å². The van der Waals surface area contributed by atoms with Crippen LogP contribution in [0.3, 0.4) is 0 Å². The molecule has 0 bridgehead atoms. The van der Waals surface area contributed by atoms with Crippen LogP contribution in [0.25, 0.3) is 22.6 Å². The highest BCUT2D eigenvalue weighted by atomic mass is 19.1. The number of para-hydroxylation sites is 1. The molecule has 1 N–H and O–H groups in total. The first-order chi connectivity index (χ1) is 18.0. The highest BCUT2D eigenvalue weighted by Crippen LogP contribution is 2.34. The van der Waals surface area contributed by atoms with Gasteiger partial charge in [0.15, 0.2) is 5.82 Å². The summed E-state index contributed by atoms with van der Waals surface area (Å²) in [4.78, 5) is 20.3. The molecule has 0 atom stereocenters. The van der Waals surface area contributed by atoms with Gasteiger partial charge in [-0.3, -0.25) is 19.1 Å². The number of piperidine rings is 1. The zero-order chi connectivity index (χ0) is 25.6. The molecule has 3 aliphatic heterocycles. The van der Waals surface area contributed by atoms with Crippen molar-refractivity contribution < 1.29 is 4.39 Å². The number of likely N-dealkylation sites (tertiary alicyclic amines) is 1. The van der Waals surface area contributed by atoms with E-state index in [2.05, 4.69) is 28.0 Å². The molecule has 6 rings (SSSR count). The zero-order valence-electron chi connectivity index (χ0n) is 20.6. The van der Waals surface area contributed by atoms with E-state index < -0.39 is 5.82 Å². The lowest BCUT2D eigenvalue weighted by atomic mass is 9.76. The molecule has 0 saturated carbocycles. The van der Waals surface area contributed by atoms with Crippen molar-refractivity contribution in [2.24, 2.45) is 0 Å². The summed E-state index contributed by atoms with van der Waals surface area (Å²) in [5.41, 5.74) is 3.97. The smallest absolute Gasteiger partial charge is 0.282 e. The van der Waals surface area contributed by atoms with E-state index in [9.17, 15) is 9.18 Å². The number of benzene rings is 1. The van der Waals surface area contributed by atoms with Crippen molar-refractivity contribution in [2.45, 2.75) is 31.7 Å². The summed E-state index contributed by atoms with van der Waals surface area (Å²) in [6, 6.07) is 18.0.